The highest BCUT2D eigenvalue weighted by atomic mass is 15.2. The number of nitrogen functional groups attached to an aromatic ring is 1. The second kappa shape index (κ2) is 8.17. The number of aromatic nitrogens is 1. The Labute approximate surface area is 162 Å². The van der Waals surface area contributed by atoms with Gasteiger partial charge in [0.2, 0.25) is 0 Å². The molecule has 27 heavy (non-hydrogen) atoms. The molecule has 2 aliphatic rings. The predicted octanol–water partition coefficient (Wildman–Crippen LogP) is 3.33. The van der Waals surface area contributed by atoms with Crippen molar-refractivity contribution in [1.82, 2.24) is 10.3 Å². The predicted molar refractivity (Wildman–Crippen MR) is 113 cm³/mol. The second-order valence-electron chi connectivity index (χ2n) is 7.93. The number of benzene rings is 1. The average Bonchev–Trinajstić information content (AvgIpc) is 3.21. The van der Waals surface area contributed by atoms with Crippen LogP contribution in [0.4, 0.5) is 17.3 Å². The Morgan fingerprint density at radius 1 is 1.04 bits per heavy atom. The minimum atomic E-state index is 0.568. The van der Waals surface area contributed by atoms with Crippen LogP contribution in [0.5, 0.6) is 0 Å². The molecule has 2 saturated heterocycles. The van der Waals surface area contributed by atoms with Crippen molar-refractivity contribution in [2.45, 2.75) is 45.2 Å². The summed E-state index contributed by atoms with van der Waals surface area (Å²) in [5.41, 5.74) is 9.85. The quantitative estimate of drug-likeness (QED) is 0.851. The highest BCUT2D eigenvalue weighted by Gasteiger charge is 2.20. The molecule has 0 spiro atoms. The summed E-state index contributed by atoms with van der Waals surface area (Å²) in [5.74, 6) is 1.63. The Kier molecular flexibility index (Phi) is 5.48. The first-order valence-electron chi connectivity index (χ1n) is 10.2. The van der Waals surface area contributed by atoms with Gasteiger partial charge in [0.1, 0.15) is 11.6 Å². The van der Waals surface area contributed by atoms with E-state index in [-0.39, 0.29) is 0 Å². The van der Waals surface area contributed by atoms with Gasteiger partial charge in [0.05, 0.1) is 0 Å². The lowest BCUT2D eigenvalue weighted by molar-refractivity contribution is 0.413. The first kappa shape index (κ1) is 18.1. The van der Waals surface area contributed by atoms with Gasteiger partial charge in [0.25, 0.3) is 0 Å². The van der Waals surface area contributed by atoms with Gasteiger partial charge in [-0.15, -0.1) is 0 Å². The molecule has 4 rings (SSSR count). The second-order valence-corrected chi connectivity index (χ2v) is 7.93. The molecular formula is C22H31N5. The molecule has 3 N–H and O–H groups in total. The zero-order valence-corrected chi connectivity index (χ0v) is 16.3. The maximum atomic E-state index is 5.91. The van der Waals surface area contributed by atoms with Crippen LogP contribution in [-0.2, 0) is 6.54 Å². The third kappa shape index (κ3) is 4.53. The van der Waals surface area contributed by atoms with E-state index in [1.807, 2.05) is 6.07 Å². The molecule has 1 aromatic carbocycles. The Morgan fingerprint density at radius 2 is 1.81 bits per heavy atom. The van der Waals surface area contributed by atoms with Crippen molar-refractivity contribution in [3.63, 3.8) is 0 Å². The standard InChI is InChI=1S/C22H31N5/c1-17-13-21(23)25-22(14-17)27-11-7-19(8-12-27)24-16-18-5-4-6-20(15-18)26-9-2-3-10-26/h4-6,13-15,19,24H,2-3,7-12,16H2,1H3,(H2,23,25). The highest BCUT2D eigenvalue weighted by Crippen LogP contribution is 2.23. The Bertz CT molecular complexity index is 741. The number of rotatable bonds is 5. The summed E-state index contributed by atoms with van der Waals surface area (Å²) in [6.45, 7) is 7.48. The molecule has 0 radical (unpaired) electrons. The summed E-state index contributed by atoms with van der Waals surface area (Å²) in [5, 5.41) is 3.76. The molecule has 144 valence electrons. The highest BCUT2D eigenvalue weighted by molar-refractivity contribution is 5.50. The van der Waals surface area contributed by atoms with Crippen molar-refractivity contribution in [2.24, 2.45) is 0 Å². The fourth-order valence-corrected chi connectivity index (χ4v) is 4.25. The van der Waals surface area contributed by atoms with Gasteiger partial charge in [-0.3, -0.25) is 0 Å². The topological polar surface area (TPSA) is 57.4 Å². The summed E-state index contributed by atoms with van der Waals surface area (Å²) in [6, 6.07) is 13.7. The number of pyridine rings is 1. The van der Waals surface area contributed by atoms with E-state index in [2.05, 4.69) is 57.4 Å². The van der Waals surface area contributed by atoms with Crippen molar-refractivity contribution >= 4 is 17.3 Å². The molecule has 3 heterocycles. The molecule has 2 aliphatic heterocycles. The Morgan fingerprint density at radius 3 is 2.56 bits per heavy atom. The van der Waals surface area contributed by atoms with Crippen LogP contribution in [0.25, 0.3) is 0 Å². The average molecular weight is 366 g/mol. The van der Waals surface area contributed by atoms with Gasteiger partial charge in [-0.2, -0.15) is 0 Å². The number of nitrogens with two attached hydrogens (primary N) is 1. The Balaban J connectivity index is 1.29. The summed E-state index contributed by atoms with van der Waals surface area (Å²) < 4.78 is 0. The van der Waals surface area contributed by atoms with E-state index < -0.39 is 0 Å². The Hall–Kier alpha value is -2.27. The molecule has 0 atom stereocenters. The van der Waals surface area contributed by atoms with Gasteiger partial charge < -0.3 is 20.9 Å². The van der Waals surface area contributed by atoms with Gasteiger partial charge in [-0.05, 0) is 68.0 Å². The molecule has 0 amide bonds. The third-order valence-corrected chi connectivity index (χ3v) is 5.77. The molecule has 5 nitrogen and oxygen atoms in total. The number of nitrogens with one attached hydrogen (secondary N) is 1. The number of anilines is 3. The number of aryl methyl sites for hydroxylation is 1. The van der Waals surface area contributed by atoms with E-state index in [9.17, 15) is 0 Å². The molecule has 2 aromatic rings. The van der Waals surface area contributed by atoms with E-state index in [0.29, 0.717) is 11.9 Å². The molecule has 0 bridgehead atoms. The maximum Gasteiger partial charge on any atom is 0.131 e. The van der Waals surface area contributed by atoms with E-state index in [0.717, 1.165) is 38.3 Å². The van der Waals surface area contributed by atoms with Crippen molar-refractivity contribution < 1.29 is 0 Å². The van der Waals surface area contributed by atoms with E-state index in [1.165, 1.54) is 42.7 Å². The molecule has 2 fully saturated rings. The minimum absolute atomic E-state index is 0.568. The maximum absolute atomic E-state index is 5.91. The number of hydrogen-bond donors (Lipinski definition) is 2. The van der Waals surface area contributed by atoms with Crippen LogP contribution in [-0.4, -0.2) is 37.2 Å². The van der Waals surface area contributed by atoms with Crippen molar-refractivity contribution in [1.29, 1.82) is 0 Å². The van der Waals surface area contributed by atoms with Gasteiger partial charge in [-0.25, -0.2) is 4.98 Å². The molecule has 0 saturated carbocycles. The van der Waals surface area contributed by atoms with E-state index in [4.69, 9.17) is 5.73 Å². The fraction of sp³-hybridized carbons (Fsp3) is 0.500. The molecule has 0 unspecified atom stereocenters. The summed E-state index contributed by atoms with van der Waals surface area (Å²) in [7, 11) is 0. The van der Waals surface area contributed by atoms with Crippen LogP contribution in [0, 0.1) is 6.92 Å². The lowest BCUT2D eigenvalue weighted by atomic mass is 10.0. The van der Waals surface area contributed by atoms with Crippen LogP contribution in [0.2, 0.25) is 0 Å². The zero-order chi connectivity index (χ0) is 18.6. The first-order chi connectivity index (χ1) is 13.2. The summed E-state index contributed by atoms with van der Waals surface area (Å²) in [4.78, 5) is 9.36. The van der Waals surface area contributed by atoms with Crippen LogP contribution in [0.15, 0.2) is 36.4 Å². The number of piperidine rings is 1. The van der Waals surface area contributed by atoms with Crippen LogP contribution in [0.3, 0.4) is 0 Å². The SMILES string of the molecule is Cc1cc(N)nc(N2CCC(NCc3cccc(N4CCCC4)c3)CC2)c1. The summed E-state index contributed by atoms with van der Waals surface area (Å²) in [6.07, 6.45) is 4.92. The zero-order valence-electron chi connectivity index (χ0n) is 16.3. The largest absolute Gasteiger partial charge is 0.384 e. The minimum Gasteiger partial charge on any atom is -0.384 e. The molecule has 1 aromatic heterocycles. The summed E-state index contributed by atoms with van der Waals surface area (Å²) >= 11 is 0. The smallest absolute Gasteiger partial charge is 0.131 e. The molecule has 0 aliphatic carbocycles. The van der Waals surface area contributed by atoms with Gasteiger partial charge in [-0.1, -0.05) is 12.1 Å². The lowest BCUT2D eigenvalue weighted by Crippen LogP contribution is -2.42. The number of hydrogen-bond acceptors (Lipinski definition) is 5. The van der Waals surface area contributed by atoms with Crippen molar-refractivity contribution in [3.8, 4) is 0 Å². The van der Waals surface area contributed by atoms with Gasteiger partial charge >= 0.3 is 0 Å². The monoisotopic (exact) mass is 365 g/mol. The van der Waals surface area contributed by atoms with Crippen LogP contribution >= 0.6 is 0 Å². The van der Waals surface area contributed by atoms with Crippen molar-refractivity contribution in [2.75, 3.05) is 41.7 Å². The normalized spacial score (nSPS) is 18.3. The van der Waals surface area contributed by atoms with Gasteiger partial charge in [0, 0.05) is 44.5 Å². The number of nitrogens with zero attached hydrogens (tertiary/aromatic N) is 3. The molecular weight excluding hydrogens is 334 g/mol. The first-order valence-corrected chi connectivity index (χ1v) is 10.2. The molecule has 5 heteroatoms. The van der Waals surface area contributed by atoms with E-state index in [1.54, 1.807) is 0 Å². The van der Waals surface area contributed by atoms with Crippen molar-refractivity contribution in [3.05, 3.63) is 47.5 Å². The lowest BCUT2D eigenvalue weighted by Gasteiger charge is -2.33. The van der Waals surface area contributed by atoms with E-state index >= 15 is 0 Å². The fourth-order valence-electron chi connectivity index (χ4n) is 4.25. The van der Waals surface area contributed by atoms with Crippen LogP contribution in [0.1, 0.15) is 36.8 Å². The third-order valence-electron chi connectivity index (χ3n) is 5.77. The van der Waals surface area contributed by atoms with Crippen LogP contribution < -0.4 is 20.9 Å². The van der Waals surface area contributed by atoms with Gasteiger partial charge in [0.15, 0.2) is 0 Å².